The summed E-state index contributed by atoms with van der Waals surface area (Å²) in [5, 5.41) is 6.58. The number of nitrogens with two attached hydrogens (primary N) is 1. The summed E-state index contributed by atoms with van der Waals surface area (Å²) >= 11 is 0. The van der Waals surface area contributed by atoms with Gasteiger partial charge >= 0.3 is 6.18 Å². The molecular weight excluding hydrogens is 305 g/mol. The van der Waals surface area contributed by atoms with Crippen LogP contribution in [0.3, 0.4) is 0 Å². The maximum Gasteiger partial charge on any atom is 0.417 e. The van der Waals surface area contributed by atoms with E-state index in [9.17, 15) is 13.2 Å². The molecule has 0 saturated heterocycles. The molecule has 0 aliphatic rings. The molecular formula is C16H13F3N4. The van der Waals surface area contributed by atoms with Crippen molar-refractivity contribution in [3.8, 4) is 22.8 Å². The van der Waals surface area contributed by atoms with E-state index in [1.807, 2.05) is 12.1 Å². The van der Waals surface area contributed by atoms with Crippen molar-refractivity contribution in [1.29, 1.82) is 0 Å². The third-order valence-corrected chi connectivity index (χ3v) is 3.42. The fourth-order valence-corrected chi connectivity index (χ4v) is 2.24. The van der Waals surface area contributed by atoms with Crippen LogP contribution in [0.15, 0.2) is 48.5 Å². The topological polar surface area (TPSA) is 67.6 Å². The first-order valence-electron chi connectivity index (χ1n) is 6.87. The molecule has 0 radical (unpaired) electrons. The van der Waals surface area contributed by atoms with E-state index in [0.29, 0.717) is 17.9 Å². The number of rotatable bonds is 3. The van der Waals surface area contributed by atoms with Gasteiger partial charge in [0.2, 0.25) is 0 Å². The van der Waals surface area contributed by atoms with Gasteiger partial charge in [-0.25, -0.2) is 4.98 Å². The molecule has 0 spiro atoms. The van der Waals surface area contributed by atoms with Gasteiger partial charge in [0.15, 0.2) is 11.6 Å². The Labute approximate surface area is 130 Å². The SMILES string of the molecule is NCc1ccc(-c2n[nH]c(-c3ccccc3C(F)(F)F)n2)cc1. The van der Waals surface area contributed by atoms with Crippen LogP contribution in [0.4, 0.5) is 13.2 Å². The average molecular weight is 318 g/mol. The number of aromatic nitrogens is 3. The third-order valence-electron chi connectivity index (χ3n) is 3.42. The fraction of sp³-hybridized carbons (Fsp3) is 0.125. The van der Waals surface area contributed by atoms with E-state index in [1.165, 1.54) is 18.2 Å². The van der Waals surface area contributed by atoms with Crippen molar-refractivity contribution in [1.82, 2.24) is 15.2 Å². The van der Waals surface area contributed by atoms with Crippen LogP contribution < -0.4 is 5.73 Å². The molecule has 0 fully saturated rings. The highest BCUT2D eigenvalue weighted by molar-refractivity contribution is 5.64. The number of hydrogen-bond acceptors (Lipinski definition) is 3. The summed E-state index contributed by atoms with van der Waals surface area (Å²) in [5.74, 6) is 0.413. The largest absolute Gasteiger partial charge is 0.417 e. The second kappa shape index (κ2) is 5.85. The standard InChI is InChI=1S/C16H13F3N4/c17-16(18,19)13-4-2-1-3-12(13)15-21-14(22-23-15)11-7-5-10(9-20)6-8-11/h1-8H,9,20H2,(H,21,22,23). The summed E-state index contributed by atoms with van der Waals surface area (Å²) in [6.45, 7) is 0.415. The minimum absolute atomic E-state index is 0.0303. The lowest BCUT2D eigenvalue weighted by molar-refractivity contribution is -0.137. The number of aromatic amines is 1. The number of halogens is 3. The average Bonchev–Trinajstić information content (AvgIpc) is 3.04. The van der Waals surface area contributed by atoms with Crippen LogP contribution in [0.2, 0.25) is 0 Å². The molecule has 3 N–H and O–H groups in total. The van der Waals surface area contributed by atoms with Gasteiger partial charge in [-0.3, -0.25) is 5.10 Å². The summed E-state index contributed by atoms with van der Waals surface area (Å²) in [4.78, 5) is 4.18. The molecule has 1 aromatic heterocycles. The fourth-order valence-electron chi connectivity index (χ4n) is 2.24. The lowest BCUT2D eigenvalue weighted by Gasteiger charge is -2.10. The highest BCUT2D eigenvalue weighted by Gasteiger charge is 2.34. The molecule has 118 valence electrons. The maximum absolute atomic E-state index is 13.1. The minimum Gasteiger partial charge on any atom is -0.326 e. The molecule has 2 aromatic carbocycles. The molecule has 3 aromatic rings. The van der Waals surface area contributed by atoms with Crippen molar-refractivity contribution in [2.24, 2.45) is 5.73 Å². The van der Waals surface area contributed by atoms with Crippen LogP contribution in [-0.4, -0.2) is 15.2 Å². The molecule has 4 nitrogen and oxygen atoms in total. The first-order chi connectivity index (χ1) is 11.0. The second-order valence-corrected chi connectivity index (χ2v) is 4.95. The second-order valence-electron chi connectivity index (χ2n) is 4.95. The number of nitrogens with zero attached hydrogens (tertiary/aromatic N) is 2. The summed E-state index contributed by atoms with van der Waals surface area (Å²) in [6, 6.07) is 12.5. The van der Waals surface area contributed by atoms with Crippen LogP contribution in [0.5, 0.6) is 0 Å². The van der Waals surface area contributed by atoms with Crippen molar-refractivity contribution in [3.63, 3.8) is 0 Å². The van der Waals surface area contributed by atoms with Gasteiger partial charge in [-0.15, -0.1) is 0 Å². The molecule has 0 aliphatic carbocycles. The van der Waals surface area contributed by atoms with Crippen molar-refractivity contribution in [2.45, 2.75) is 12.7 Å². The third kappa shape index (κ3) is 3.09. The zero-order valence-corrected chi connectivity index (χ0v) is 11.9. The van der Waals surface area contributed by atoms with Gasteiger partial charge in [-0.2, -0.15) is 18.3 Å². The Morgan fingerprint density at radius 2 is 1.70 bits per heavy atom. The van der Waals surface area contributed by atoms with Gasteiger partial charge in [-0.05, 0) is 11.6 Å². The van der Waals surface area contributed by atoms with Gasteiger partial charge in [-0.1, -0.05) is 42.5 Å². The van der Waals surface area contributed by atoms with Crippen LogP contribution in [0.1, 0.15) is 11.1 Å². The molecule has 7 heteroatoms. The molecule has 0 bridgehead atoms. The molecule has 0 saturated carbocycles. The Morgan fingerprint density at radius 1 is 1.00 bits per heavy atom. The van der Waals surface area contributed by atoms with Gasteiger partial charge in [0.05, 0.1) is 5.56 Å². The number of benzene rings is 2. The van der Waals surface area contributed by atoms with E-state index in [0.717, 1.165) is 11.6 Å². The molecule has 0 unspecified atom stereocenters. The van der Waals surface area contributed by atoms with Crippen LogP contribution in [-0.2, 0) is 12.7 Å². The Kier molecular flexibility index (Phi) is 3.87. The summed E-state index contributed by atoms with van der Waals surface area (Å²) in [7, 11) is 0. The molecule has 0 aliphatic heterocycles. The van der Waals surface area contributed by atoms with Gasteiger partial charge < -0.3 is 5.73 Å². The number of alkyl halides is 3. The Morgan fingerprint density at radius 3 is 2.35 bits per heavy atom. The number of hydrogen-bond donors (Lipinski definition) is 2. The van der Waals surface area contributed by atoms with E-state index in [2.05, 4.69) is 15.2 Å². The highest BCUT2D eigenvalue weighted by atomic mass is 19.4. The molecule has 23 heavy (non-hydrogen) atoms. The van der Waals surface area contributed by atoms with E-state index in [1.54, 1.807) is 12.1 Å². The zero-order valence-electron chi connectivity index (χ0n) is 11.9. The van der Waals surface area contributed by atoms with Crippen LogP contribution >= 0.6 is 0 Å². The van der Waals surface area contributed by atoms with Gasteiger partial charge in [0.25, 0.3) is 0 Å². The Bertz CT molecular complexity index is 807. The molecule has 0 amide bonds. The Balaban J connectivity index is 1.99. The van der Waals surface area contributed by atoms with E-state index >= 15 is 0 Å². The maximum atomic E-state index is 13.1. The predicted molar refractivity (Wildman–Crippen MR) is 80.1 cm³/mol. The monoisotopic (exact) mass is 318 g/mol. The highest BCUT2D eigenvalue weighted by Crippen LogP contribution is 2.36. The lowest BCUT2D eigenvalue weighted by Crippen LogP contribution is -2.07. The molecule has 3 rings (SSSR count). The van der Waals surface area contributed by atoms with Gasteiger partial charge in [0.1, 0.15) is 0 Å². The van der Waals surface area contributed by atoms with E-state index in [4.69, 9.17) is 5.73 Å². The number of nitrogens with one attached hydrogen (secondary N) is 1. The summed E-state index contributed by atoms with van der Waals surface area (Å²) in [6.07, 6.45) is -4.45. The molecule has 1 heterocycles. The summed E-state index contributed by atoms with van der Waals surface area (Å²) < 4.78 is 39.2. The van der Waals surface area contributed by atoms with Crippen molar-refractivity contribution < 1.29 is 13.2 Å². The van der Waals surface area contributed by atoms with Crippen molar-refractivity contribution in [2.75, 3.05) is 0 Å². The number of H-pyrrole nitrogens is 1. The minimum atomic E-state index is -4.45. The van der Waals surface area contributed by atoms with Crippen molar-refractivity contribution >= 4 is 0 Å². The van der Waals surface area contributed by atoms with Crippen LogP contribution in [0.25, 0.3) is 22.8 Å². The quantitative estimate of drug-likeness (QED) is 0.775. The molecule has 0 atom stereocenters. The van der Waals surface area contributed by atoms with E-state index < -0.39 is 11.7 Å². The normalized spacial score (nSPS) is 11.7. The zero-order chi connectivity index (χ0) is 16.4. The van der Waals surface area contributed by atoms with Gasteiger partial charge in [0, 0.05) is 17.7 Å². The lowest BCUT2D eigenvalue weighted by atomic mass is 10.1. The van der Waals surface area contributed by atoms with Crippen LogP contribution in [0, 0.1) is 0 Å². The first kappa shape index (κ1) is 15.2. The predicted octanol–water partition coefficient (Wildman–Crippen LogP) is 3.62. The first-order valence-corrected chi connectivity index (χ1v) is 6.87. The van der Waals surface area contributed by atoms with E-state index in [-0.39, 0.29) is 11.4 Å². The smallest absolute Gasteiger partial charge is 0.326 e. The Hall–Kier alpha value is -2.67. The van der Waals surface area contributed by atoms with Crippen molar-refractivity contribution in [3.05, 3.63) is 59.7 Å². The summed E-state index contributed by atoms with van der Waals surface area (Å²) in [5.41, 5.74) is 6.41.